The zero-order chi connectivity index (χ0) is 13.5. The summed E-state index contributed by atoms with van der Waals surface area (Å²) in [6.45, 7) is -0.907. The summed E-state index contributed by atoms with van der Waals surface area (Å²) in [4.78, 5) is 4.79. The van der Waals surface area contributed by atoms with Gasteiger partial charge in [0.05, 0.1) is 0 Å². The quantitative estimate of drug-likeness (QED) is 0.775. The first kappa shape index (κ1) is 6.92. The molecule has 2 nitrogen and oxygen atoms in total. The molecule has 0 amide bonds. The van der Waals surface area contributed by atoms with Crippen LogP contribution in [-0.2, 0) is 0 Å². The van der Waals surface area contributed by atoms with E-state index in [-0.39, 0.29) is 0 Å². The van der Waals surface area contributed by atoms with Gasteiger partial charge in [-0.05, 0) is 25.0 Å². The number of nitrogens with one attached hydrogen (secondary N) is 1. The predicted molar refractivity (Wildman–Crippen MR) is 68.4 cm³/mol. The molecule has 2 aromatic rings. The molecule has 82 valence electrons. The maximum Gasteiger partial charge on any atom is 0.0460 e. The molecule has 1 N–H and O–H groups in total. The van der Waals surface area contributed by atoms with Crippen LogP contribution in [0.4, 0.5) is 0 Å². The van der Waals surface area contributed by atoms with Gasteiger partial charge < -0.3 is 9.88 Å². The molecule has 0 unspecified atom stereocenters. The Bertz CT molecular complexity index is 625. The highest BCUT2D eigenvalue weighted by atomic mass is 15.1. The molecule has 2 heteroatoms. The lowest BCUT2D eigenvalue weighted by Crippen LogP contribution is -2.23. The average molecular weight is 215 g/mol. The standard InChI is InChI=1S/C14H16N2/c1-16-8-6-11(7-9-16)13-10-15-14-5-3-2-4-12(13)14/h2-6,10,15H,7-9H2,1H3/i1D3. The normalized spacial score (nSPS) is 21.2. The van der Waals surface area contributed by atoms with Crippen LogP contribution in [0.1, 0.15) is 16.1 Å². The molecule has 1 aromatic carbocycles. The fourth-order valence-corrected chi connectivity index (χ4v) is 2.25. The number of hydrogen-bond acceptors (Lipinski definition) is 1. The summed E-state index contributed by atoms with van der Waals surface area (Å²) < 4.78 is 22.3. The van der Waals surface area contributed by atoms with Crippen molar-refractivity contribution in [2.24, 2.45) is 0 Å². The van der Waals surface area contributed by atoms with Crippen LogP contribution < -0.4 is 0 Å². The molecule has 3 rings (SSSR count). The smallest absolute Gasteiger partial charge is 0.0460 e. The van der Waals surface area contributed by atoms with Gasteiger partial charge in [-0.15, -0.1) is 0 Å². The molecule has 1 aliphatic rings. The monoisotopic (exact) mass is 215 g/mol. The van der Waals surface area contributed by atoms with Gasteiger partial charge in [-0.2, -0.15) is 0 Å². The Morgan fingerprint density at radius 3 is 3.12 bits per heavy atom. The maximum absolute atomic E-state index is 7.42. The maximum atomic E-state index is 7.42. The molecule has 0 aliphatic carbocycles. The van der Waals surface area contributed by atoms with Crippen molar-refractivity contribution in [3.8, 4) is 0 Å². The molecule has 0 atom stereocenters. The zero-order valence-corrected chi connectivity index (χ0v) is 9.03. The number of aromatic nitrogens is 1. The van der Waals surface area contributed by atoms with Crippen LogP contribution in [0.25, 0.3) is 16.5 Å². The van der Waals surface area contributed by atoms with E-state index in [1.54, 1.807) is 0 Å². The molecule has 0 spiro atoms. The Morgan fingerprint density at radius 1 is 1.38 bits per heavy atom. The van der Waals surface area contributed by atoms with Crippen molar-refractivity contribution in [3.05, 3.63) is 42.1 Å². The highest BCUT2D eigenvalue weighted by Gasteiger charge is 2.12. The van der Waals surface area contributed by atoms with Gasteiger partial charge in [0.15, 0.2) is 0 Å². The number of hydrogen-bond donors (Lipinski definition) is 1. The van der Waals surface area contributed by atoms with Crippen molar-refractivity contribution in [1.82, 2.24) is 9.88 Å². The number of fused-ring (bicyclic) bond motifs is 1. The third-order valence-electron chi connectivity index (χ3n) is 3.14. The van der Waals surface area contributed by atoms with E-state index in [2.05, 4.69) is 17.1 Å². The SMILES string of the molecule is [2H]C([2H])([2H])N1CC=C(c2c[nH]c3ccccc23)CC1. The van der Waals surface area contributed by atoms with Gasteiger partial charge in [0.2, 0.25) is 0 Å². The molecular weight excluding hydrogens is 196 g/mol. The summed E-state index contributed by atoms with van der Waals surface area (Å²) in [7, 11) is 0. The van der Waals surface area contributed by atoms with Gasteiger partial charge in [-0.3, -0.25) is 0 Å². The van der Waals surface area contributed by atoms with Crippen molar-refractivity contribution in [3.63, 3.8) is 0 Å². The Labute approximate surface area is 99.8 Å². The predicted octanol–water partition coefficient (Wildman–Crippen LogP) is 2.89. The summed E-state index contributed by atoms with van der Waals surface area (Å²) in [5, 5.41) is 1.20. The fourth-order valence-electron chi connectivity index (χ4n) is 2.25. The number of nitrogens with zero attached hydrogens (tertiary/aromatic N) is 1. The van der Waals surface area contributed by atoms with E-state index in [4.69, 9.17) is 4.11 Å². The third-order valence-corrected chi connectivity index (χ3v) is 3.14. The van der Waals surface area contributed by atoms with Crippen LogP contribution in [0.3, 0.4) is 0 Å². The van der Waals surface area contributed by atoms with Gasteiger partial charge in [0, 0.05) is 39.9 Å². The minimum Gasteiger partial charge on any atom is -0.361 e. The lowest BCUT2D eigenvalue weighted by atomic mass is 9.99. The lowest BCUT2D eigenvalue weighted by Gasteiger charge is -2.21. The molecule has 16 heavy (non-hydrogen) atoms. The van der Waals surface area contributed by atoms with Crippen LogP contribution in [0.5, 0.6) is 0 Å². The van der Waals surface area contributed by atoms with E-state index in [9.17, 15) is 0 Å². The summed E-state index contributed by atoms with van der Waals surface area (Å²) in [6, 6.07) is 8.18. The van der Waals surface area contributed by atoms with E-state index >= 15 is 0 Å². The van der Waals surface area contributed by atoms with Crippen LogP contribution in [0, 0.1) is 0 Å². The van der Waals surface area contributed by atoms with Gasteiger partial charge in [0.25, 0.3) is 0 Å². The Balaban J connectivity index is 1.90. The first-order chi connectivity index (χ1) is 9.05. The van der Waals surface area contributed by atoms with E-state index in [1.807, 2.05) is 24.4 Å². The second-order valence-electron chi connectivity index (χ2n) is 4.17. The Morgan fingerprint density at radius 2 is 2.31 bits per heavy atom. The number of rotatable bonds is 1. The second kappa shape index (κ2) is 3.80. The molecule has 0 bridgehead atoms. The number of likely N-dealkylation sites (N-methyl/N-ethyl adjacent to an activating group) is 1. The summed E-state index contributed by atoms with van der Waals surface area (Å²) in [6.07, 6.45) is 4.83. The van der Waals surface area contributed by atoms with Crippen LogP contribution in [-0.4, -0.2) is 29.9 Å². The summed E-state index contributed by atoms with van der Waals surface area (Å²) in [5.41, 5.74) is 3.55. The molecule has 0 radical (unpaired) electrons. The molecule has 2 heterocycles. The number of benzene rings is 1. The largest absolute Gasteiger partial charge is 0.361 e. The van der Waals surface area contributed by atoms with E-state index < -0.39 is 6.98 Å². The topological polar surface area (TPSA) is 19.0 Å². The number of H-pyrrole nitrogens is 1. The van der Waals surface area contributed by atoms with Crippen molar-refractivity contribution in [2.75, 3.05) is 20.1 Å². The average Bonchev–Trinajstić information content (AvgIpc) is 2.82. The number of aromatic amines is 1. The van der Waals surface area contributed by atoms with Crippen molar-refractivity contribution in [1.29, 1.82) is 0 Å². The van der Waals surface area contributed by atoms with Crippen molar-refractivity contribution >= 4 is 16.5 Å². The molecule has 0 fully saturated rings. The minimum absolute atomic E-state index is 0.491. The van der Waals surface area contributed by atoms with Crippen molar-refractivity contribution in [2.45, 2.75) is 6.42 Å². The van der Waals surface area contributed by atoms with Gasteiger partial charge >= 0.3 is 0 Å². The van der Waals surface area contributed by atoms with Crippen molar-refractivity contribution < 1.29 is 4.11 Å². The van der Waals surface area contributed by atoms with Crippen LogP contribution in [0.2, 0.25) is 0 Å². The minimum atomic E-state index is -1.98. The van der Waals surface area contributed by atoms with E-state index in [0.717, 1.165) is 11.9 Å². The highest BCUT2D eigenvalue weighted by Crippen LogP contribution is 2.28. The number of para-hydroxylation sites is 1. The third kappa shape index (κ3) is 1.55. The van der Waals surface area contributed by atoms with Gasteiger partial charge in [-0.25, -0.2) is 0 Å². The molecule has 1 aliphatic heterocycles. The lowest BCUT2D eigenvalue weighted by molar-refractivity contribution is 0.370. The highest BCUT2D eigenvalue weighted by molar-refractivity contribution is 5.92. The zero-order valence-electron chi connectivity index (χ0n) is 12.0. The van der Waals surface area contributed by atoms with Gasteiger partial charge in [0.1, 0.15) is 0 Å². The summed E-state index contributed by atoms with van der Waals surface area (Å²) >= 11 is 0. The first-order valence-corrected chi connectivity index (χ1v) is 5.56. The van der Waals surface area contributed by atoms with E-state index in [0.29, 0.717) is 13.1 Å². The first-order valence-electron chi connectivity index (χ1n) is 7.06. The fraction of sp³-hybridized carbons (Fsp3) is 0.286. The molecule has 1 aromatic heterocycles. The second-order valence-corrected chi connectivity index (χ2v) is 4.17. The van der Waals surface area contributed by atoms with Crippen LogP contribution >= 0.6 is 0 Å². The molecule has 0 saturated carbocycles. The van der Waals surface area contributed by atoms with E-state index in [1.165, 1.54) is 21.4 Å². The Kier molecular flexibility index (Phi) is 1.64. The summed E-state index contributed by atoms with van der Waals surface area (Å²) in [5.74, 6) is 0. The van der Waals surface area contributed by atoms with Gasteiger partial charge in [-0.1, -0.05) is 24.3 Å². The Hall–Kier alpha value is -1.54. The molecular formula is C14H16N2. The molecule has 0 saturated heterocycles. The van der Waals surface area contributed by atoms with Crippen LogP contribution in [0.15, 0.2) is 36.5 Å².